The molecule has 0 saturated heterocycles. The average Bonchev–Trinajstić information content (AvgIpc) is 2.46. The van der Waals surface area contributed by atoms with Crippen LogP contribution >= 0.6 is 0 Å². The van der Waals surface area contributed by atoms with E-state index in [1.54, 1.807) is 18.5 Å². The van der Waals surface area contributed by atoms with E-state index in [1.165, 1.54) is 17.7 Å². The van der Waals surface area contributed by atoms with Gasteiger partial charge in [-0.15, -0.1) is 0 Å². The van der Waals surface area contributed by atoms with E-state index in [1.807, 2.05) is 18.2 Å². The zero-order valence-corrected chi connectivity index (χ0v) is 11.7. The lowest BCUT2D eigenvalue weighted by atomic mass is 10.0. The third-order valence-corrected chi connectivity index (χ3v) is 3.30. The highest BCUT2D eigenvalue weighted by Gasteiger charge is 2.08. The summed E-state index contributed by atoms with van der Waals surface area (Å²) in [6.45, 7) is 1.72. The van der Waals surface area contributed by atoms with Gasteiger partial charge < -0.3 is 10.6 Å². The Hall–Kier alpha value is -1.78. The second-order valence-electron chi connectivity index (χ2n) is 5.04. The van der Waals surface area contributed by atoms with Gasteiger partial charge in [0.05, 0.1) is 0 Å². The summed E-state index contributed by atoms with van der Waals surface area (Å²) in [5.74, 6) is -0.233. The number of hydrogen-bond donors (Lipinski definition) is 1. The van der Waals surface area contributed by atoms with Crippen LogP contribution in [0.2, 0.25) is 0 Å². The first-order valence-electron chi connectivity index (χ1n) is 6.73. The van der Waals surface area contributed by atoms with Crippen LogP contribution < -0.4 is 5.73 Å². The van der Waals surface area contributed by atoms with E-state index >= 15 is 0 Å². The van der Waals surface area contributed by atoms with Gasteiger partial charge in [0.1, 0.15) is 5.82 Å². The molecule has 0 amide bonds. The first-order chi connectivity index (χ1) is 9.65. The Bertz CT molecular complexity index is 530. The quantitative estimate of drug-likeness (QED) is 0.880. The van der Waals surface area contributed by atoms with Crippen LogP contribution in [0.25, 0.3) is 0 Å². The van der Waals surface area contributed by atoms with Gasteiger partial charge >= 0.3 is 0 Å². The van der Waals surface area contributed by atoms with Gasteiger partial charge in [-0.3, -0.25) is 4.98 Å². The molecule has 1 heterocycles. The Labute approximate surface area is 119 Å². The minimum absolute atomic E-state index is 0.134. The summed E-state index contributed by atoms with van der Waals surface area (Å²) < 4.78 is 13.1. The number of nitrogens with zero attached hydrogens (tertiary/aromatic N) is 2. The summed E-state index contributed by atoms with van der Waals surface area (Å²) in [4.78, 5) is 6.20. The molecule has 3 nitrogen and oxygen atoms in total. The van der Waals surface area contributed by atoms with Crippen molar-refractivity contribution < 1.29 is 4.39 Å². The molecule has 0 fully saturated rings. The van der Waals surface area contributed by atoms with Crippen molar-refractivity contribution in [3.8, 4) is 0 Å². The van der Waals surface area contributed by atoms with Crippen molar-refractivity contribution in [1.82, 2.24) is 9.88 Å². The van der Waals surface area contributed by atoms with Gasteiger partial charge in [-0.2, -0.15) is 0 Å². The molecule has 0 radical (unpaired) electrons. The SMILES string of the molecule is CN(CCC(N)c1cccc(F)c1)Cc1ccncc1. The van der Waals surface area contributed by atoms with E-state index in [-0.39, 0.29) is 11.9 Å². The van der Waals surface area contributed by atoms with Gasteiger partial charge in [0.15, 0.2) is 0 Å². The predicted octanol–water partition coefficient (Wildman–Crippen LogP) is 2.74. The van der Waals surface area contributed by atoms with E-state index in [2.05, 4.69) is 16.9 Å². The van der Waals surface area contributed by atoms with Crippen molar-refractivity contribution in [3.63, 3.8) is 0 Å². The summed E-state index contributed by atoms with van der Waals surface area (Å²) in [7, 11) is 2.05. The molecule has 2 N–H and O–H groups in total. The maximum absolute atomic E-state index is 13.1. The van der Waals surface area contributed by atoms with E-state index in [0.29, 0.717) is 0 Å². The Kier molecular flexibility index (Phi) is 5.21. The summed E-state index contributed by atoms with van der Waals surface area (Å²) in [6, 6.07) is 10.4. The molecule has 0 bridgehead atoms. The van der Waals surface area contributed by atoms with Gasteiger partial charge in [-0.1, -0.05) is 12.1 Å². The predicted molar refractivity (Wildman–Crippen MR) is 78.5 cm³/mol. The van der Waals surface area contributed by atoms with Gasteiger partial charge in [-0.25, -0.2) is 4.39 Å². The van der Waals surface area contributed by atoms with Crippen LogP contribution in [0.15, 0.2) is 48.8 Å². The van der Waals surface area contributed by atoms with Crippen LogP contribution in [0.5, 0.6) is 0 Å². The van der Waals surface area contributed by atoms with Crippen molar-refractivity contribution in [1.29, 1.82) is 0 Å². The molecule has 1 atom stereocenters. The van der Waals surface area contributed by atoms with Crippen LogP contribution in [0, 0.1) is 5.82 Å². The molecule has 20 heavy (non-hydrogen) atoms. The smallest absolute Gasteiger partial charge is 0.123 e. The topological polar surface area (TPSA) is 42.1 Å². The Morgan fingerprint density at radius 1 is 1.25 bits per heavy atom. The third kappa shape index (κ3) is 4.40. The molecule has 0 aliphatic rings. The number of pyridine rings is 1. The number of halogens is 1. The van der Waals surface area contributed by atoms with Crippen LogP contribution in [-0.2, 0) is 6.54 Å². The molecular formula is C16H20FN3. The van der Waals surface area contributed by atoms with Crippen LogP contribution in [0.3, 0.4) is 0 Å². The maximum atomic E-state index is 13.1. The highest BCUT2D eigenvalue weighted by atomic mass is 19.1. The molecule has 0 aliphatic heterocycles. The third-order valence-electron chi connectivity index (χ3n) is 3.30. The maximum Gasteiger partial charge on any atom is 0.123 e. The van der Waals surface area contributed by atoms with Gasteiger partial charge in [0, 0.05) is 25.0 Å². The van der Waals surface area contributed by atoms with E-state index in [9.17, 15) is 4.39 Å². The summed E-state index contributed by atoms with van der Waals surface area (Å²) >= 11 is 0. The minimum Gasteiger partial charge on any atom is -0.324 e. The molecule has 2 rings (SSSR count). The monoisotopic (exact) mass is 273 g/mol. The fraction of sp³-hybridized carbons (Fsp3) is 0.312. The molecule has 0 spiro atoms. The van der Waals surface area contributed by atoms with Crippen LogP contribution in [-0.4, -0.2) is 23.5 Å². The standard InChI is InChI=1S/C16H20FN3/c1-20(12-13-5-8-19-9-6-13)10-7-16(18)14-3-2-4-15(17)11-14/h2-6,8-9,11,16H,7,10,12,18H2,1H3. The molecule has 1 unspecified atom stereocenters. The molecule has 106 valence electrons. The lowest BCUT2D eigenvalue weighted by Gasteiger charge is -2.19. The van der Waals surface area contributed by atoms with Crippen molar-refractivity contribution in [2.45, 2.75) is 19.0 Å². The average molecular weight is 273 g/mol. The molecule has 0 aliphatic carbocycles. The summed E-state index contributed by atoms with van der Waals surface area (Å²) in [5, 5.41) is 0. The number of aromatic nitrogens is 1. The van der Waals surface area contributed by atoms with E-state index in [4.69, 9.17) is 5.73 Å². The second-order valence-corrected chi connectivity index (χ2v) is 5.04. The lowest BCUT2D eigenvalue weighted by molar-refractivity contribution is 0.311. The van der Waals surface area contributed by atoms with E-state index < -0.39 is 0 Å². The Balaban J connectivity index is 1.82. The number of hydrogen-bond acceptors (Lipinski definition) is 3. The van der Waals surface area contributed by atoms with Crippen molar-refractivity contribution in [2.24, 2.45) is 5.73 Å². The zero-order valence-electron chi connectivity index (χ0n) is 11.7. The first kappa shape index (κ1) is 14.6. The number of nitrogens with two attached hydrogens (primary N) is 1. The zero-order chi connectivity index (χ0) is 14.4. The fourth-order valence-electron chi connectivity index (χ4n) is 2.14. The van der Waals surface area contributed by atoms with Crippen LogP contribution in [0.4, 0.5) is 4.39 Å². The Morgan fingerprint density at radius 2 is 2.00 bits per heavy atom. The largest absolute Gasteiger partial charge is 0.324 e. The second kappa shape index (κ2) is 7.12. The minimum atomic E-state index is -0.233. The number of rotatable bonds is 6. The van der Waals surface area contributed by atoms with E-state index in [0.717, 1.165) is 25.1 Å². The van der Waals surface area contributed by atoms with Crippen molar-refractivity contribution in [2.75, 3.05) is 13.6 Å². The normalized spacial score (nSPS) is 12.6. The summed E-state index contributed by atoms with van der Waals surface area (Å²) in [5.41, 5.74) is 8.18. The van der Waals surface area contributed by atoms with Crippen LogP contribution in [0.1, 0.15) is 23.6 Å². The first-order valence-corrected chi connectivity index (χ1v) is 6.73. The molecule has 1 aromatic carbocycles. The van der Waals surface area contributed by atoms with Gasteiger partial charge in [0.25, 0.3) is 0 Å². The molecule has 2 aromatic rings. The number of benzene rings is 1. The molecule has 1 aromatic heterocycles. The lowest BCUT2D eigenvalue weighted by Crippen LogP contribution is -2.23. The van der Waals surface area contributed by atoms with Crippen molar-refractivity contribution in [3.05, 3.63) is 65.7 Å². The fourth-order valence-corrected chi connectivity index (χ4v) is 2.14. The van der Waals surface area contributed by atoms with Gasteiger partial charge in [0.2, 0.25) is 0 Å². The Morgan fingerprint density at radius 3 is 2.70 bits per heavy atom. The van der Waals surface area contributed by atoms with Crippen molar-refractivity contribution >= 4 is 0 Å². The molecule has 4 heteroatoms. The van der Waals surface area contributed by atoms with Gasteiger partial charge in [-0.05, 0) is 55.4 Å². The molecule has 0 saturated carbocycles. The summed E-state index contributed by atoms with van der Waals surface area (Å²) in [6.07, 6.45) is 4.38. The highest BCUT2D eigenvalue weighted by molar-refractivity contribution is 5.19. The highest BCUT2D eigenvalue weighted by Crippen LogP contribution is 2.15. The molecular weight excluding hydrogens is 253 g/mol.